The van der Waals surface area contributed by atoms with Crippen molar-refractivity contribution in [2.24, 2.45) is 16.6 Å². The van der Waals surface area contributed by atoms with E-state index in [9.17, 15) is 0 Å². The maximum atomic E-state index is 6.34. The fourth-order valence-electron chi connectivity index (χ4n) is 3.97. The molecule has 0 amide bonds. The molecule has 1 aromatic carbocycles. The van der Waals surface area contributed by atoms with E-state index in [0.717, 1.165) is 51.4 Å². The Morgan fingerprint density at radius 2 is 2.04 bits per heavy atom. The number of nitrogens with zero attached hydrogens (tertiary/aromatic N) is 2. The van der Waals surface area contributed by atoms with Gasteiger partial charge >= 0.3 is 0 Å². The molecule has 2 aliphatic heterocycles. The Bertz CT molecular complexity index is 579. The second kappa shape index (κ2) is 8.09. The van der Waals surface area contributed by atoms with Gasteiger partial charge in [-0.3, -0.25) is 4.99 Å². The van der Waals surface area contributed by atoms with Crippen LogP contribution >= 0.6 is 0 Å². The van der Waals surface area contributed by atoms with Crippen LogP contribution in [-0.4, -0.2) is 50.8 Å². The number of guanidine groups is 1. The number of methoxy groups -OCH3 is 1. The van der Waals surface area contributed by atoms with Gasteiger partial charge in [0, 0.05) is 31.7 Å². The third-order valence-electron chi connectivity index (χ3n) is 5.68. The first-order valence-corrected chi connectivity index (χ1v) is 9.40. The smallest absolute Gasteiger partial charge is 0.191 e. The highest BCUT2D eigenvalue weighted by atomic mass is 16.5. The third-order valence-corrected chi connectivity index (χ3v) is 5.68. The highest BCUT2D eigenvalue weighted by molar-refractivity contribution is 5.78. The highest BCUT2D eigenvalue weighted by Crippen LogP contribution is 2.36. The van der Waals surface area contributed by atoms with Gasteiger partial charge in [0.25, 0.3) is 0 Å². The van der Waals surface area contributed by atoms with Crippen molar-refractivity contribution in [2.45, 2.75) is 38.0 Å². The Morgan fingerprint density at radius 1 is 1.32 bits per heavy atom. The molecule has 2 N–H and O–H groups in total. The van der Waals surface area contributed by atoms with Gasteiger partial charge in [0.15, 0.2) is 5.96 Å². The summed E-state index contributed by atoms with van der Waals surface area (Å²) in [5.41, 5.74) is 7.65. The fourth-order valence-corrected chi connectivity index (χ4v) is 3.97. The van der Waals surface area contributed by atoms with Crippen LogP contribution in [0, 0.1) is 5.92 Å². The van der Waals surface area contributed by atoms with E-state index in [4.69, 9.17) is 20.2 Å². The zero-order chi connectivity index (χ0) is 17.7. The number of hydrogen-bond acceptors (Lipinski definition) is 3. The number of rotatable bonds is 4. The van der Waals surface area contributed by atoms with Crippen LogP contribution in [0.5, 0.6) is 5.75 Å². The van der Waals surface area contributed by atoms with Crippen molar-refractivity contribution in [3.05, 3.63) is 29.8 Å². The monoisotopic (exact) mass is 345 g/mol. The van der Waals surface area contributed by atoms with E-state index in [-0.39, 0.29) is 5.41 Å². The maximum Gasteiger partial charge on any atom is 0.191 e. The molecule has 0 radical (unpaired) electrons. The summed E-state index contributed by atoms with van der Waals surface area (Å²) in [7, 11) is 1.70. The van der Waals surface area contributed by atoms with Crippen LogP contribution in [0.25, 0.3) is 0 Å². The molecule has 0 bridgehead atoms. The Kier molecular flexibility index (Phi) is 5.84. The second-order valence-electron chi connectivity index (χ2n) is 7.49. The molecule has 138 valence electrons. The lowest BCUT2D eigenvalue weighted by Gasteiger charge is -2.37. The molecule has 2 fully saturated rings. The second-order valence-corrected chi connectivity index (χ2v) is 7.49. The van der Waals surface area contributed by atoms with Gasteiger partial charge in [0.05, 0.1) is 13.7 Å². The van der Waals surface area contributed by atoms with Crippen LogP contribution in [0.15, 0.2) is 29.3 Å². The topological polar surface area (TPSA) is 60.1 Å². The van der Waals surface area contributed by atoms with Gasteiger partial charge in [0.1, 0.15) is 5.75 Å². The third kappa shape index (κ3) is 4.27. The summed E-state index contributed by atoms with van der Waals surface area (Å²) in [6.07, 6.45) is 4.45. The first-order valence-electron chi connectivity index (χ1n) is 9.40. The normalized spacial score (nSPS) is 24.2. The number of likely N-dealkylation sites (tertiary alicyclic amines) is 1. The molecule has 0 saturated carbocycles. The minimum absolute atomic E-state index is 0.0105. The summed E-state index contributed by atoms with van der Waals surface area (Å²) >= 11 is 0. The van der Waals surface area contributed by atoms with E-state index in [1.165, 1.54) is 18.4 Å². The van der Waals surface area contributed by atoms with Gasteiger partial charge in [-0.2, -0.15) is 0 Å². The van der Waals surface area contributed by atoms with Crippen LogP contribution in [0.2, 0.25) is 0 Å². The van der Waals surface area contributed by atoms with Gasteiger partial charge in [0.2, 0.25) is 0 Å². The van der Waals surface area contributed by atoms with Gasteiger partial charge in [-0.05, 0) is 49.3 Å². The first-order chi connectivity index (χ1) is 12.1. The molecule has 0 spiro atoms. The van der Waals surface area contributed by atoms with Crippen molar-refractivity contribution in [2.75, 3.05) is 40.0 Å². The van der Waals surface area contributed by atoms with E-state index in [1.807, 2.05) is 12.1 Å². The van der Waals surface area contributed by atoms with Crippen molar-refractivity contribution in [3.63, 3.8) is 0 Å². The summed E-state index contributed by atoms with van der Waals surface area (Å²) in [6, 6.07) is 8.40. The molecule has 3 rings (SSSR count). The summed E-state index contributed by atoms with van der Waals surface area (Å²) in [6.45, 7) is 6.62. The highest BCUT2D eigenvalue weighted by Gasteiger charge is 2.34. The summed E-state index contributed by atoms with van der Waals surface area (Å²) in [5, 5.41) is 0. The number of piperidine rings is 1. The summed E-state index contributed by atoms with van der Waals surface area (Å²) < 4.78 is 10.9. The number of ether oxygens (including phenoxy) is 2. The Hall–Kier alpha value is -1.75. The van der Waals surface area contributed by atoms with Crippen LogP contribution in [0.3, 0.4) is 0 Å². The zero-order valence-corrected chi connectivity index (χ0v) is 15.5. The molecule has 1 unspecified atom stereocenters. The van der Waals surface area contributed by atoms with Crippen molar-refractivity contribution in [3.8, 4) is 5.75 Å². The van der Waals surface area contributed by atoms with Crippen molar-refractivity contribution < 1.29 is 9.47 Å². The lowest BCUT2D eigenvalue weighted by Crippen LogP contribution is -2.45. The Labute approximate surface area is 151 Å². The van der Waals surface area contributed by atoms with E-state index in [1.54, 1.807) is 7.11 Å². The minimum atomic E-state index is 0.0105. The molecule has 0 aliphatic carbocycles. The Morgan fingerprint density at radius 3 is 2.68 bits per heavy atom. The quantitative estimate of drug-likeness (QED) is 0.673. The van der Waals surface area contributed by atoms with Crippen LogP contribution < -0.4 is 10.5 Å². The number of hydrogen-bond donors (Lipinski definition) is 1. The molecule has 2 aliphatic rings. The summed E-state index contributed by atoms with van der Waals surface area (Å²) in [4.78, 5) is 7.08. The van der Waals surface area contributed by atoms with Gasteiger partial charge in [-0.25, -0.2) is 0 Å². The zero-order valence-electron chi connectivity index (χ0n) is 15.5. The van der Waals surface area contributed by atoms with Gasteiger partial charge in [-0.15, -0.1) is 0 Å². The fraction of sp³-hybridized carbons (Fsp3) is 0.650. The minimum Gasteiger partial charge on any atom is -0.497 e. The predicted molar refractivity (Wildman–Crippen MR) is 101 cm³/mol. The lowest BCUT2D eigenvalue weighted by molar-refractivity contribution is 0.0530. The van der Waals surface area contributed by atoms with E-state index < -0.39 is 0 Å². The number of benzene rings is 1. The molecule has 5 heteroatoms. The standard InChI is InChI=1S/C20H31N3O2/c1-16-4-3-11-23(14-16)19(21)22-15-20(9-12-25-13-10-20)17-5-7-18(24-2)8-6-17/h5-8,16H,3-4,9-15H2,1-2H3,(H2,21,22). The molecule has 2 heterocycles. The van der Waals surface area contributed by atoms with Crippen molar-refractivity contribution in [1.82, 2.24) is 4.90 Å². The van der Waals surface area contributed by atoms with Crippen molar-refractivity contribution in [1.29, 1.82) is 0 Å². The van der Waals surface area contributed by atoms with Gasteiger partial charge < -0.3 is 20.1 Å². The first kappa shape index (κ1) is 18.1. The van der Waals surface area contributed by atoms with Crippen LogP contribution in [0.4, 0.5) is 0 Å². The van der Waals surface area contributed by atoms with Crippen LogP contribution in [-0.2, 0) is 10.2 Å². The number of aliphatic imine (C=N–C) groups is 1. The molecular weight excluding hydrogens is 314 g/mol. The molecule has 5 nitrogen and oxygen atoms in total. The predicted octanol–water partition coefficient (Wildman–Crippen LogP) is 2.79. The molecule has 0 aromatic heterocycles. The van der Waals surface area contributed by atoms with Crippen LogP contribution in [0.1, 0.15) is 38.2 Å². The van der Waals surface area contributed by atoms with E-state index in [0.29, 0.717) is 11.9 Å². The largest absolute Gasteiger partial charge is 0.497 e. The molecular formula is C20H31N3O2. The lowest BCUT2D eigenvalue weighted by atomic mass is 9.74. The Balaban J connectivity index is 1.77. The number of nitrogens with two attached hydrogens (primary N) is 1. The average Bonchev–Trinajstić information content (AvgIpc) is 2.67. The van der Waals surface area contributed by atoms with Crippen molar-refractivity contribution >= 4 is 5.96 Å². The maximum absolute atomic E-state index is 6.34. The molecule has 1 atom stereocenters. The average molecular weight is 345 g/mol. The van der Waals surface area contributed by atoms with E-state index >= 15 is 0 Å². The summed E-state index contributed by atoms with van der Waals surface area (Å²) in [5.74, 6) is 2.28. The van der Waals surface area contributed by atoms with Gasteiger partial charge in [-0.1, -0.05) is 19.1 Å². The SMILES string of the molecule is COc1ccc(C2(CN=C(N)N3CCCC(C)C3)CCOCC2)cc1. The molecule has 2 saturated heterocycles. The van der Waals surface area contributed by atoms with E-state index in [2.05, 4.69) is 24.0 Å². The molecule has 25 heavy (non-hydrogen) atoms. The molecule has 1 aromatic rings.